The Morgan fingerprint density at radius 3 is 2.05 bits per heavy atom. The van der Waals surface area contributed by atoms with Crippen LogP contribution in [0.4, 0.5) is 0 Å². The molecule has 0 aromatic heterocycles. The summed E-state index contributed by atoms with van der Waals surface area (Å²) >= 11 is 0. The predicted molar refractivity (Wildman–Crippen MR) is 74.1 cm³/mol. The molecule has 19 heavy (non-hydrogen) atoms. The maximum Gasteiger partial charge on any atom is 0.282 e. The second-order valence-electron chi connectivity index (χ2n) is 5.80. The smallest absolute Gasteiger partial charge is 0.282 e. The van der Waals surface area contributed by atoms with Crippen LogP contribution in [0, 0.1) is 5.92 Å². The third kappa shape index (κ3) is 3.28. The van der Waals surface area contributed by atoms with E-state index in [2.05, 4.69) is 10.2 Å². The van der Waals surface area contributed by atoms with E-state index in [9.17, 15) is 8.42 Å². The fourth-order valence-corrected chi connectivity index (χ4v) is 4.44. The van der Waals surface area contributed by atoms with Crippen molar-refractivity contribution in [2.24, 2.45) is 5.92 Å². The van der Waals surface area contributed by atoms with Crippen molar-refractivity contribution in [2.45, 2.75) is 12.8 Å². The van der Waals surface area contributed by atoms with Gasteiger partial charge in [0.2, 0.25) is 0 Å². The number of rotatable bonds is 4. The molecule has 2 saturated heterocycles. The lowest BCUT2D eigenvalue weighted by atomic mass is 10.3. The summed E-state index contributed by atoms with van der Waals surface area (Å²) < 4.78 is 28.3. The lowest BCUT2D eigenvalue weighted by Crippen LogP contribution is -2.56. The summed E-state index contributed by atoms with van der Waals surface area (Å²) in [5.74, 6) is 0.885. The van der Waals surface area contributed by atoms with Gasteiger partial charge in [-0.3, -0.25) is 0 Å². The number of nitrogens with one attached hydrogen (secondary N) is 1. The average Bonchev–Trinajstić information content (AvgIpc) is 3.24. The molecule has 0 aromatic rings. The molecule has 0 radical (unpaired) electrons. The average molecular weight is 288 g/mol. The van der Waals surface area contributed by atoms with Crippen LogP contribution in [0.1, 0.15) is 12.8 Å². The van der Waals surface area contributed by atoms with Gasteiger partial charge < -0.3 is 10.2 Å². The standard InChI is InChI=1S/C12H24N4O2S/c17-19(18,15-5-3-13-4-6-15)16-9-7-14(8-10-16)11-12-1-2-12/h12-13H,1-11H2. The Kier molecular flexibility index (Phi) is 4.09. The Hall–Kier alpha value is -0.210. The molecule has 0 aromatic carbocycles. The second-order valence-corrected chi connectivity index (χ2v) is 7.73. The molecule has 2 aliphatic heterocycles. The normalized spacial score (nSPS) is 28.6. The molecule has 1 aliphatic carbocycles. The maximum atomic E-state index is 12.5. The zero-order valence-electron chi connectivity index (χ0n) is 11.4. The van der Waals surface area contributed by atoms with Gasteiger partial charge in [0.05, 0.1) is 0 Å². The molecule has 0 unspecified atom stereocenters. The Balaban J connectivity index is 1.53. The van der Waals surface area contributed by atoms with Gasteiger partial charge >= 0.3 is 0 Å². The van der Waals surface area contributed by atoms with Crippen molar-refractivity contribution >= 4 is 10.2 Å². The Labute approximate surface area is 115 Å². The number of hydrogen-bond acceptors (Lipinski definition) is 4. The van der Waals surface area contributed by atoms with Crippen molar-refractivity contribution in [1.82, 2.24) is 18.8 Å². The highest BCUT2D eigenvalue weighted by Gasteiger charge is 2.34. The molecule has 0 amide bonds. The van der Waals surface area contributed by atoms with E-state index in [1.54, 1.807) is 8.61 Å². The molecule has 3 fully saturated rings. The van der Waals surface area contributed by atoms with Crippen molar-refractivity contribution in [1.29, 1.82) is 0 Å². The van der Waals surface area contributed by atoms with E-state index in [1.165, 1.54) is 19.4 Å². The van der Waals surface area contributed by atoms with E-state index < -0.39 is 10.2 Å². The first-order valence-electron chi connectivity index (χ1n) is 7.34. The molecular formula is C12H24N4O2S. The summed E-state index contributed by atoms with van der Waals surface area (Å²) in [5, 5.41) is 3.19. The molecule has 3 rings (SSSR count). The minimum Gasteiger partial charge on any atom is -0.314 e. The van der Waals surface area contributed by atoms with Crippen LogP contribution in [0.25, 0.3) is 0 Å². The van der Waals surface area contributed by atoms with E-state index in [4.69, 9.17) is 0 Å². The summed E-state index contributed by atoms with van der Waals surface area (Å²) in [7, 11) is -3.22. The number of hydrogen-bond donors (Lipinski definition) is 1. The first kappa shape index (κ1) is 13.8. The second kappa shape index (κ2) is 5.65. The summed E-state index contributed by atoms with van der Waals surface area (Å²) in [4.78, 5) is 2.42. The van der Waals surface area contributed by atoms with Crippen LogP contribution in [0.15, 0.2) is 0 Å². The predicted octanol–water partition coefficient (Wildman–Crippen LogP) is -0.836. The summed E-state index contributed by atoms with van der Waals surface area (Å²) in [6.45, 7) is 6.99. The Bertz CT molecular complexity index is 396. The van der Waals surface area contributed by atoms with Gasteiger partial charge in [0.25, 0.3) is 10.2 Å². The largest absolute Gasteiger partial charge is 0.314 e. The number of piperazine rings is 2. The number of nitrogens with zero attached hydrogens (tertiary/aromatic N) is 3. The monoisotopic (exact) mass is 288 g/mol. The molecule has 7 heteroatoms. The fourth-order valence-electron chi connectivity index (χ4n) is 2.85. The van der Waals surface area contributed by atoms with Gasteiger partial charge in [-0.05, 0) is 18.8 Å². The van der Waals surface area contributed by atoms with Crippen LogP contribution in [-0.4, -0.2) is 80.8 Å². The topological polar surface area (TPSA) is 55.9 Å². The fraction of sp³-hybridized carbons (Fsp3) is 1.00. The first-order valence-corrected chi connectivity index (χ1v) is 8.74. The molecule has 110 valence electrons. The molecule has 0 atom stereocenters. The molecular weight excluding hydrogens is 264 g/mol. The molecule has 1 N–H and O–H groups in total. The minimum atomic E-state index is -3.22. The van der Waals surface area contributed by atoms with Crippen LogP contribution in [-0.2, 0) is 10.2 Å². The van der Waals surface area contributed by atoms with Gasteiger partial charge in [-0.25, -0.2) is 0 Å². The third-order valence-corrected chi connectivity index (χ3v) is 6.31. The van der Waals surface area contributed by atoms with Gasteiger partial charge in [-0.1, -0.05) is 0 Å². The van der Waals surface area contributed by atoms with E-state index in [0.29, 0.717) is 26.2 Å². The zero-order chi connectivity index (χ0) is 13.3. The highest BCUT2D eigenvalue weighted by Crippen LogP contribution is 2.30. The molecule has 2 heterocycles. The SMILES string of the molecule is O=S(=O)(N1CCNCC1)N1CCN(CC2CC2)CC1. The van der Waals surface area contributed by atoms with Gasteiger partial charge in [-0.2, -0.15) is 17.0 Å². The minimum absolute atomic E-state index is 0.602. The van der Waals surface area contributed by atoms with E-state index >= 15 is 0 Å². The maximum absolute atomic E-state index is 12.5. The van der Waals surface area contributed by atoms with Gasteiger partial charge in [0.15, 0.2) is 0 Å². The first-order chi connectivity index (χ1) is 9.16. The van der Waals surface area contributed by atoms with E-state index in [-0.39, 0.29) is 0 Å². The van der Waals surface area contributed by atoms with Crippen LogP contribution in [0.5, 0.6) is 0 Å². The van der Waals surface area contributed by atoms with Crippen molar-refractivity contribution in [3.05, 3.63) is 0 Å². The summed E-state index contributed by atoms with van der Waals surface area (Å²) in [6, 6.07) is 0. The zero-order valence-corrected chi connectivity index (χ0v) is 12.2. The van der Waals surface area contributed by atoms with Gasteiger partial charge in [0.1, 0.15) is 0 Å². The molecule has 0 spiro atoms. The lowest BCUT2D eigenvalue weighted by Gasteiger charge is -2.37. The highest BCUT2D eigenvalue weighted by atomic mass is 32.2. The van der Waals surface area contributed by atoms with Crippen LogP contribution >= 0.6 is 0 Å². The van der Waals surface area contributed by atoms with E-state index in [1.807, 2.05) is 0 Å². The Morgan fingerprint density at radius 2 is 1.47 bits per heavy atom. The lowest BCUT2D eigenvalue weighted by molar-refractivity contribution is 0.174. The van der Waals surface area contributed by atoms with Gasteiger partial charge in [-0.15, -0.1) is 0 Å². The molecule has 0 bridgehead atoms. The molecule has 1 saturated carbocycles. The van der Waals surface area contributed by atoms with Crippen molar-refractivity contribution in [3.8, 4) is 0 Å². The van der Waals surface area contributed by atoms with Crippen LogP contribution in [0.2, 0.25) is 0 Å². The highest BCUT2D eigenvalue weighted by molar-refractivity contribution is 7.86. The molecule has 6 nitrogen and oxygen atoms in total. The van der Waals surface area contributed by atoms with Crippen LogP contribution in [0.3, 0.4) is 0 Å². The van der Waals surface area contributed by atoms with Crippen molar-refractivity contribution in [3.63, 3.8) is 0 Å². The van der Waals surface area contributed by atoms with E-state index in [0.717, 1.165) is 32.1 Å². The van der Waals surface area contributed by atoms with Crippen molar-refractivity contribution in [2.75, 3.05) is 58.9 Å². The molecule has 3 aliphatic rings. The quantitative estimate of drug-likeness (QED) is 0.733. The van der Waals surface area contributed by atoms with Crippen LogP contribution < -0.4 is 5.32 Å². The summed E-state index contributed by atoms with van der Waals surface area (Å²) in [5.41, 5.74) is 0. The van der Waals surface area contributed by atoms with Gasteiger partial charge in [0, 0.05) is 58.9 Å². The van der Waals surface area contributed by atoms with Crippen molar-refractivity contribution < 1.29 is 8.42 Å². The third-order valence-electron chi connectivity index (χ3n) is 4.27. The summed E-state index contributed by atoms with van der Waals surface area (Å²) in [6.07, 6.45) is 2.72. The Morgan fingerprint density at radius 1 is 0.895 bits per heavy atom.